The fraction of sp³-hybridized carbons (Fsp3) is 0.429. The molecule has 2 rings (SSSR count). The van der Waals surface area contributed by atoms with E-state index >= 15 is 0 Å². The zero-order chi connectivity index (χ0) is 13.7. The molecule has 0 radical (unpaired) electrons. The van der Waals surface area contributed by atoms with E-state index in [2.05, 4.69) is 22.8 Å². The van der Waals surface area contributed by atoms with Crippen LogP contribution in [0.5, 0.6) is 0 Å². The Morgan fingerprint density at radius 2 is 2.05 bits per heavy atom. The molecule has 0 spiro atoms. The average molecular weight is 278 g/mol. The lowest BCUT2D eigenvalue weighted by atomic mass is 10.1. The van der Waals surface area contributed by atoms with Crippen molar-refractivity contribution in [1.29, 1.82) is 0 Å². The lowest BCUT2D eigenvalue weighted by molar-refractivity contribution is -0.117. The Labute approximate surface area is 117 Å². The van der Waals surface area contributed by atoms with Crippen LogP contribution in [0.25, 0.3) is 0 Å². The first kappa shape index (κ1) is 13.9. The topological polar surface area (TPSA) is 58.2 Å². The second-order valence-corrected chi connectivity index (χ2v) is 5.53. The summed E-state index contributed by atoms with van der Waals surface area (Å²) in [6.45, 7) is 2.32. The van der Waals surface area contributed by atoms with E-state index in [1.807, 2.05) is 13.0 Å². The maximum atomic E-state index is 11.5. The van der Waals surface area contributed by atoms with Crippen molar-refractivity contribution in [3.05, 3.63) is 29.3 Å². The molecular weight excluding hydrogens is 260 g/mol. The molecule has 1 aromatic rings. The van der Waals surface area contributed by atoms with Gasteiger partial charge in [-0.1, -0.05) is 6.07 Å². The number of carbonyl (C=O) groups excluding carboxylic acids is 2. The summed E-state index contributed by atoms with van der Waals surface area (Å²) in [5.41, 5.74) is 2.82. The van der Waals surface area contributed by atoms with Crippen LogP contribution in [0.3, 0.4) is 0 Å². The molecule has 0 saturated heterocycles. The molecule has 1 aromatic carbocycles. The van der Waals surface area contributed by atoms with Crippen molar-refractivity contribution in [2.75, 3.05) is 12.3 Å². The molecule has 0 bridgehead atoms. The van der Waals surface area contributed by atoms with Crippen LogP contribution >= 0.6 is 11.8 Å². The molecule has 1 aliphatic rings. The lowest BCUT2D eigenvalue weighted by Gasteiger charge is -2.06. The van der Waals surface area contributed by atoms with Crippen LogP contribution in [-0.4, -0.2) is 24.2 Å². The molecule has 0 atom stereocenters. The summed E-state index contributed by atoms with van der Waals surface area (Å²) in [7, 11) is 0. The normalized spacial score (nSPS) is 12.9. The van der Waals surface area contributed by atoms with Crippen molar-refractivity contribution >= 4 is 23.7 Å². The number of carbonyl (C=O) groups is 2. The summed E-state index contributed by atoms with van der Waals surface area (Å²) in [5, 5.41) is 4.82. The van der Waals surface area contributed by atoms with Crippen molar-refractivity contribution < 1.29 is 9.59 Å². The second-order valence-electron chi connectivity index (χ2n) is 4.48. The van der Waals surface area contributed by atoms with Crippen LogP contribution in [0.15, 0.2) is 23.1 Å². The molecular formula is C14H18N2O2S. The average Bonchev–Trinajstić information content (AvgIpc) is 2.83. The van der Waals surface area contributed by atoms with E-state index in [0.717, 1.165) is 17.7 Å². The lowest BCUT2D eigenvalue weighted by Crippen LogP contribution is -2.40. The van der Waals surface area contributed by atoms with E-state index in [1.165, 1.54) is 29.3 Å². The van der Waals surface area contributed by atoms with E-state index < -0.39 is 6.03 Å². The van der Waals surface area contributed by atoms with Crippen molar-refractivity contribution in [3.63, 3.8) is 0 Å². The van der Waals surface area contributed by atoms with Gasteiger partial charge in [-0.25, -0.2) is 4.79 Å². The number of urea groups is 1. The Bertz CT molecular complexity index is 488. The van der Waals surface area contributed by atoms with Crippen LogP contribution < -0.4 is 10.6 Å². The predicted molar refractivity (Wildman–Crippen MR) is 76.4 cm³/mol. The zero-order valence-electron chi connectivity index (χ0n) is 11.0. The minimum absolute atomic E-state index is 0.260. The van der Waals surface area contributed by atoms with Gasteiger partial charge in [-0.2, -0.15) is 0 Å². The number of imide groups is 1. The first-order chi connectivity index (χ1) is 9.19. The molecule has 19 heavy (non-hydrogen) atoms. The monoisotopic (exact) mass is 278 g/mol. The number of fused-ring (bicyclic) bond motifs is 1. The first-order valence-electron chi connectivity index (χ1n) is 6.51. The van der Waals surface area contributed by atoms with Crippen LogP contribution in [0.4, 0.5) is 4.79 Å². The standard InChI is InChI=1S/C14H18N2O2S/c1-2-15-14(18)16-13(17)9-19-12-7-6-10-4-3-5-11(10)8-12/h6-8H,2-5,9H2,1H3,(H2,15,16,17,18). The number of aryl methyl sites for hydroxylation is 2. The van der Waals surface area contributed by atoms with E-state index in [-0.39, 0.29) is 11.7 Å². The summed E-state index contributed by atoms with van der Waals surface area (Å²) < 4.78 is 0. The van der Waals surface area contributed by atoms with Crippen molar-refractivity contribution in [2.45, 2.75) is 31.1 Å². The third-order valence-electron chi connectivity index (χ3n) is 3.03. The largest absolute Gasteiger partial charge is 0.338 e. The molecule has 0 fully saturated rings. The molecule has 4 nitrogen and oxygen atoms in total. The summed E-state index contributed by atoms with van der Waals surface area (Å²) in [6.07, 6.45) is 3.52. The van der Waals surface area contributed by atoms with E-state index in [1.54, 1.807) is 0 Å². The summed E-state index contributed by atoms with van der Waals surface area (Å²) >= 11 is 1.46. The maximum absolute atomic E-state index is 11.5. The first-order valence-corrected chi connectivity index (χ1v) is 7.50. The molecule has 0 aliphatic heterocycles. The third-order valence-corrected chi connectivity index (χ3v) is 4.02. The van der Waals surface area contributed by atoms with Crippen molar-refractivity contribution in [3.8, 4) is 0 Å². The van der Waals surface area contributed by atoms with Crippen molar-refractivity contribution in [1.82, 2.24) is 10.6 Å². The van der Waals surface area contributed by atoms with E-state index in [9.17, 15) is 9.59 Å². The molecule has 0 heterocycles. The van der Waals surface area contributed by atoms with E-state index in [4.69, 9.17) is 0 Å². The maximum Gasteiger partial charge on any atom is 0.321 e. The highest BCUT2D eigenvalue weighted by Gasteiger charge is 2.12. The number of rotatable bonds is 4. The van der Waals surface area contributed by atoms with Crippen LogP contribution in [-0.2, 0) is 17.6 Å². The minimum Gasteiger partial charge on any atom is -0.338 e. The Hall–Kier alpha value is -1.49. The number of hydrogen-bond donors (Lipinski definition) is 2. The molecule has 0 aromatic heterocycles. The highest BCUT2D eigenvalue weighted by molar-refractivity contribution is 8.00. The summed E-state index contributed by atoms with van der Waals surface area (Å²) in [4.78, 5) is 23.8. The summed E-state index contributed by atoms with van der Waals surface area (Å²) in [5.74, 6) is -0.00734. The van der Waals surface area contributed by atoms with Gasteiger partial charge in [0.2, 0.25) is 5.91 Å². The molecule has 3 amide bonds. The van der Waals surface area contributed by atoms with Gasteiger partial charge >= 0.3 is 6.03 Å². The van der Waals surface area contributed by atoms with Gasteiger partial charge in [0.25, 0.3) is 0 Å². The number of amides is 3. The van der Waals surface area contributed by atoms with Gasteiger partial charge in [-0.05, 0) is 49.4 Å². The molecule has 0 unspecified atom stereocenters. The molecule has 102 valence electrons. The third kappa shape index (κ3) is 3.99. The predicted octanol–water partition coefficient (Wildman–Crippen LogP) is 2.11. The van der Waals surface area contributed by atoms with E-state index in [0.29, 0.717) is 6.54 Å². The Morgan fingerprint density at radius 1 is 1.26 bits per heavy atom. The van der Waals surface area contributed by atoms with Crippen LogP contribution in [0.2, 0.25) is 0 Å². The second kappa shape index (κ2) is 6.61. The minimum atomic E-state index is -0.429. The van der Waals surface area contributed by atoms with Gasteiger partial charge in [0.15, 0.2) is 0 Å². The summed E-state index contributed by atoms with van der Waals surface area (Å²) in [6, 6.07) is 5.93. The van der Waals surface area contributed by atoms with Gasteiger partial charge in [0, 0.05) is 11.4 Å². The van der Waals surface area contributed by atoms with Crippen molar-refractivity contribution in [2.24, 2.45) is 0 Å². The molecule has 2 N–H and O–H groups in total. The number of hydrogen-bond acceptors (Lipinski definition) is 3. The SMILES string of the molecule is CCNC(=O)NC(=O)CSc1ccc2c(c1)CCC2. The van der Waals surface area contributed by atoms with Crippen LogP contribution in [0.1, 0.15) is 24.5 Å². The fourth-order valence-corrected chi connectivity index (χ4v) is 2.91. The molecule has 1 aliphatic carbocycles. The van der Waals surface area contributed by atoms with Gasteiger partial charge < -0.3 is 5.32 Å². The molecule has 0 saturated carbocycles. The number of thioether (sulfide) groups is 1. The number of nitrogens with one attached hydrogen (secondary N) is 2. The smallest absolute Gasteiger partial charge is 0.321 e. The number of benzene rings is 1. The Kier molecular flexibility index (Phi) is 4.85. The fourth-order valence-electron chi connectivity index (χ4n) is 2.15. The quantitative estimate of drug-likeness (QED) is 0.829. The van der Waals surface area contributed by atoms with Gasteiger partial charge in [0.1, 0.15) is 0 Å². The highest BCUT2D eigenvalue weighted by Crippen LogP contribution is 2.27. The van der Waals surface area contributed by atoms with Gasteiger partial charge in [0.05, 0.1) is 5.75 Å². The molecule has 5 heteroatoms. The van der Waals surface area contributed by atoms with Gasteiger partial charge in [-0.15, -0.1) is 11.8 Å². The zero-order valence-corrected chi connectivity index (χ0v) is 11.8. The highest BCUT2D eigenvalue weighted by atomic mass is 32.2. The Morgan fingerprint density at radius 3 is 2.84 bits per heavy atom. The van der Waals surface area contributed by atoms with Crippen LogP contribution in [0, 0.1) is 0 Å². The van der Waals surface area contributed by atoms with Gasteiger partial charge in [-0.3, -0.25) is 10.1 Å². The Balaban J connectivity index is 1.82.